The van der Waals surface area contributed by atoms with Crippen molar-refractivity contribution in [2.24, 2.45) is 5.41 Å². The maximum absolute atomic E-state index is 12.7. The van der Waals surface area contributed by atoms with E-state index in [1.807, 2.05) is 56.0 Å². The summed E-state index contributed by atoms with van der Waals surface area (Å²) in [4.78, 5) is 30.9. The number of carbonyl (C=O) groups excluding carboxylic acids is 2. The van der Waals surface area contributed by atoms with E-state index in [2.05, 4.69) is 4.90 Å². The first-order valence-electron chi connectivity index (χ1n) is 8.51. The molecule has 1 aromatic rings. The number of amides is 2. The predicted molar refractivity (Wildman–Crippen MR) is 95.5 cm³/mol. The van der Waals surface area contributed by atoms with Crippen molar-refractivity contribution in [3.63, 3.8) is 0 Å². The summed E-state index contributed by atoms with van der Waals surface area (Å²) in [5.41, 5.74) is 0.646. The Bertz CT molecular complexity index is 570. The molecule has 132 valence electrons. The number of hydrogen-bond acceptors (Lipinski definition) is 3. The van der Waals surface area contributed by atoms with Crippen LogP contribution in [-0.4, -0.2) is 66.8 Å². The van der Waals surface area contributed by atoms with Gasteiger partial charge in [0.15, 0.2) is 0 Å². The van der Waals surface area contributed by atoms with Gasteiger partial charge in [-0.2, -0.15) is 0 Å². The summed E-state index contributed by atoms with van der Waals surface area (Å²) in [5.74, 6) is 0.258. The quantitative estimate of drug-likeness (QED) is 0.851. The second-order valence-electron chi connectivity index (χ2n) is 7.62. The summed E-state index contributed by atoms with van der Waals surface area (Å²) >= 11 is 0. The zero-order valence-corrected chi connectivity index (χ0v) is 15.5. The fraction of sp³-hybridized carbons (Fsp3) is 0.579. The molecule has 1 saturated heterocycles. The zero-order chi connectivity index (χ0) is 17.9. The monoisotopic (exact) mass is 331 g/mol. The normalized spacial score (nSPS) is 17.5. The molecule has 0 N–H and O–H groups in total. The lowest BCUT2D eigenvalue weighted by atomic mass is 9.94. The molecule has 0 spiro atoms. The van der Waals surface area contributed by atoms with E-state index in [0.29, 0.717) is 26.2 Å². The smallest absolute Gasteiger partial charge is 0.244 e. The molecular formula is C19H29N3O2. The van der Waals surface area contributed by atoms with Crippen molar-refractivity contribution in [2.75, 3.05) is 40.3 Å². The van der Waals surface area contributed by atoms with Crippen LogP contribution in [0, 0.1) is 5.41 Å². The van der Waals surface area contributed by atoms with Gasteiger partial charge in [0.1, 0.15) is 6.04 Å². The van der Waals surface area contributed by atoms with Gasteiger partial charge in [-0.15, -0.1) is 0 Å². The first-order chi connectivity index (χ1) is 11.2. The Kier molecular flexibility index (Phi) is 5.65. The number of benzene rings is 1. The van der Waals surface area contributed by atoms with Crippen molar-refractivity contribution in [3.05, 3.63) is 35.9 Å². The molecule has 0 aromatic heterocycles. The molecule has 24 heavy (non-hydrogen) atoms. The van der Waals surface area contributed by atoms with Crippen LogP contribution < -0.4 is 0 Å². The fourth-order valence-corrected chi connectivity index (χ4v) is 3.05. The number of carbonyl (C=O) groups is 2. The van der Waals surface area contributed by atoms with Gasteiger partial charge in [-0.3, -0.25) is 14.5 Å². The molecule has 5 nitrogen and oxygen atoms in total. The number of rotatable bonds is 3. The minimum Gasteiger partial charge on any atom is -0.347 e. The zero-order valence-electron chi connectivity index (χ0n) is 15.5. The fourth-order valence-electron chi connectivity index (χ4n) is 3.05. The second-order valence-corrected chi connectivity index (χ2v) is 7.62. The first kappa shape index (κ1) is 18.5. The largest absolute Gasteiger partial charge is 0.347 e. The summed E-state index contributed by atoms with van der Waals surface area (Å²) in [6, 6.07) is 9.60. The van der Waals surface area contributed by atoms with E-state index in [-0.39, 0.29) is 23.3 Å². The second kappa shape index (κ2) is 7.34. The Morgan fingerprint density at radius 3 is 2.00 bits per heavy atom. The lowest BCUT2D eigenvalue weighted by molar-refractivity contribution is -0.143. The SMILES string of the molecule is CN(C)C(=O)C(c1ccccc1)N1CCN(C(=O)C(C)(C)C)CC1. The number of piperazine rings is 1. The number of nitrogens with zero attached hydrogens (tertiary/aromatic N) is 3. The van der Waals surface area contributed by atoms with Gasteiger partial charge in [0.05, 0.1) is 0 Å². The summed E-state index contributed by atoms with van der Waals surface area (Å²) in [6.45, 7) is 8.60. The highest BCUT2D eigenvalue weighted by molar-refractivity contribution is 5.83. The van der Waals surface area contributed by atoms with Crippen LogP contribution in [0.2, 0.25) is 0 Å². The van der Waals surface area contributed by atoms with Crippen LogP contribution in [0.4, 0.5) is 0 Å². The van der Waals surface area contributed by atoms with Gasteiger partial charge in [-0.1, -0.05) is 51.1 Å². The van der Waals surface area contributed by atoms with Crippen molar-refractivity contribution in [3.8, 4) is 0 Å². The molecule has 1 fully saturated rings. The minimum absolute atomic E-state index is 0.0804. The van der Waals surface area contributed by atoms with E-state index >= 15 is 0 Å². The Balaban J connectivity index is 2.13. The van der Waals surface area contributed by atoms with E-state index in [0.717, 1.165) is 5.56 Å². The van der Waals surface area contributed by atoms with Gasteiger partial charge in [0, 0.05) is 45.7 Å². The van der Waals surface area contributed by atoms with Crippen LogP contribution >= 0.6 is 0 Å². The maximum Gasteiger partial charge on any atom is 0.244 e. The van der Waals surface area contributed by atoms with Crippen LogP contribution in [0.1, 0.15) is 32.4 Å². The van der Waals surface area contributed by atoms with Crippen molar-refractivity contribution >= 4 is 11.8 Å². The first-order valence-corrected chi connectivity index (χ1v) is 8.51. The number of likely N-dealkylation sites (N-methyl/N-ethyl adjacent to an activating group) is 1. The predicted octanol–water partition coefficient (Wildman–Crippen LogP) is 2.01. The van der Waals surface area contributed by atoms with Gasteiger partial charge in [-0.25, -0.2) is 0 Å². The van der Waals surface area contributed by atoms with Gasteiger partial charge in [0.2, 0.25) is 11.8 Å². The third kappa shape index (κ3) is 4.15. The molecule has 0 saturated carbocycles. The molecule has 0 radical (unpaired) electrons. The number of hydrogen-bond donors (Lipinski definition) is 0. The molecule has 1 unspecified atom stereocenters. The average Bonchev–Trinajstić information content (AvgIpc) is 2.55. The highest BCUT2D eigenvalue weighted by atomic mass is 16.2. The van der Waals surface area contributed by atoms with Crippen LogP contribution in [-0.2, 0) is 9.59 Å². The highest BCUT2D eigenvalue weighted by Gasteiger charge is 2.34. The molecule has 0 aliphatic carbocycles. The van der Waals surface area contributed by atoms with Crippen molar-refractivity contribution in [2.45, 2.75) is 26.8 Å². The van der Waals surface area contributed by atoms with Gasteiger partial charge in [-0.05, 0) is 5.56 Å². The minimum atomic E-state index is -0.361. The molecule has 1 atom stereocenters. The summed E-state index contributed by atoms with van der Waals surface area (Å²) in [5, 5.41) is 0. The van der Waals surface area contributed by atoms with E-state index in [4.69, 9.17) is 0 Å². The molecule has 1 aliphatic heterocycles. The third-order valence-electron chi connectivity index (χ3n) is 4.40. The van der Waals surface area contributed by atoms with Crippen LogP contribution in [0.25, 0.3) is 0 Å². The lowest BCUT2D eigenvalue weighted by Crippen LogP contribution is -2.54. The van der Waals surface area contributed by atoms with Gasteiger partial charge in [0.25, 0.3) is 0 Å². The Hall–Kier alpha value is -1.88. The van der Waals surface area contributed by atoms with Gasteiger partial charge < -0.3 is 9.80 Å². The van der Waals surface area contributed by atoms with Crippen LogP contribution in [0.3, 0.4) is 0 Å². The van der Waals surface area contributed by atoms with Crippen LogP contribution in [0.15, 0.2) is 30.3 Å². The average molecular weight is 331 g/mol. The maximum atomic E-state index is 12.7. The Labute approximate surface area is 145 Å². The van der Waals surface area contributed by atoms with E-state index in [9.17, 15) is 9.59 Å². The topological polar surface area (TPSA) is 43.9 Å². The third-order valence-corrected chi connectivity index (χ3v) is 4.40. The molecular weight excluding hydrogens is 302 g/mol. The van der Waals surface area contributed by atoms with E-state index < -0.39 is 0 Å². The van der Waals surface area contributed by atoms with E-state index in [1.54, 1.807) is 19.0 Å². The molecule has 5 heteroatoms. The highest BCUT2D eigenvalue weighted by Crippen LogP contribution is 2.25. The lowest BCUT2D eigenvalue weighted by Gasteiger charge is -2.41. The molecule has 1 aliphatic rings. The van der Waals surface area contributed by atoms with Crippen molar-refractivity contribution < 1.29 is 9.59 Å². The van der Waals surface area contributed by atoms with Crippen molar-refractivity contribution in [1.29, 1.82) is 0 Å². The molecule has 1 heterocycles. The van der Waals surface area contributed by atoms with E-state index in [1.165, 1.54) is 0 Å². The molecule has 0 bridgehead atoms. The van der Waals surface area contributed by atoms with Crippen molar-refractivity contribution in [1.82, 2.24) is 14.7 Å². The molecule has 2 amide bonds. The Morgan fingerprint density at radius 2 is 1.54 bits per heavy atom. The molecule has 1 aromatic carbocycles. The summed E-state index contributed by atoms with van der Waals surface area (Å²) < 4.78 is 0. The Morgan fingerprint density at radius 1 is 1.00 bits per heavy atom. The van der Waals surface area contributed by atoms with Crippen LogP contribution in [0.5, 0.6) is 0 Å². The summed E-state index contributed by atoms with van der Waals surface area (Å²) in [6.07, 6.45) is 0. The standard InChI is InChI=1S/C19H29N3O2/c1-19(2,3)18(24)22-13-11-21(12-14-22)16(17(23)20(4)5)15-9-7-6-8-10-15/h6-10,16H,11-14H2,1-5H3. The van der Waals surface area contributed by atoms with Gasteiger partial charge >= 0.3 is 0 Å². The molecule has 2 rings (SSSR count). The summed E-state index contributed by atoms with van der Waals surface area (Å²) in [7, 11) is 3.58.